The molecule has 3 rings (SSSR count). The average molecular weight is 325 g/mol. The van der Waals surface area contributed by atoms with E-state index in [0.29, 0.717) is 11.3 Å². The highest BCUT2D eigenvalue weighted by molar-refractivity contribution is 7.97. The van der Waals surface area contributed by atoms with Crippen LogP contribution in [0, 0.1) is 0 Å². The second-order valence-corrected chi connectivity index (χ2v) is 5.75. The van der Waals surface area contributed by atoms with Crippen LogP contribution in [0.2, 0.25) is 0 Å². The van der Waals surface area contributed by atoms with Crippen LogP contribution in [-0.4, -0.2) is 32.4 Å². The number of amides is 1. The minimum atomic E-state index is -0.144. The molecule has 1 heterocycles. The van der Waals surface area contributed by atoms with Crippen molar-refractivity contribution in [1.82, 2.24) is 20.2 Å². The minimum absolute atomic E-state index is 0.144. The predicted molar refractivity (Wildman–Crippen MR) is 90.8 cm³/mol. The molecule has 1 aromatic heterocycles. The fourth-order valence-electron chi connectivity index (χ4n) is 2.13. The highest BCUT2D eigenvalue weighted by atomic mass is 32.2. The van der Waals surface area contributed by atoms with Gasteiger partial charge in [-0.25, -0.2) is 4.68 Å². The minimum Gasteiger partial charge on any atom is -0.322 e. The van der Waals surface area contributed by atoms with Crippen molar-refractivity contribution in [3.8, 4) is 5.69 Å². The van der Waals surface area contributed by atoms with Crippen molar-refractivity contribution < 1.29 is 4.79 Å². The Balaban J connectivity index is 1.73. The SMILES string of the molecule is CSCc1ccc(C(=O)Nc2cccc(-n3cnnn3)c2)cc1. The molecule has 2 aromatic carbocycles. The summed E-state index contributed by atoms with van der Waals surface area (Å²) in [6.45, 7) is 0. The van der Waals surface area contributed by atoms with Gasteiger partial charge in [-0.15, -0.1) is 5.10 Å². The molecule has 7 heteroatoms. The van der Waals surface area contributed by atoms with Crippen molar-refractivity contribution in [2.24, 2.45) is 0 Å². The summed E-state index contributed by atoms with van der Waals surface area (Å²) < 4.78 is 1.53. The number of carbonyl (C=O) groups excluding carboxylic acids is 1. The summed E-state index contributed by atoms with van der Waals surface area (Å²) in [7, 11) is 0. The van der Waals surface area contributed by atoms with Gasteiger partial charge < -0.3 is 5.32 Å². The first-order chi connectivity index (χ1) is 11.3. The Morgan fingerprint density at radius 3 is 2.74 bits per heavy atom. The first-order valence-corrected chi connectivity index (χ1v) is 8.38. The van der Waals surface area contributed by atoms with E-state index < -0.39 is 0 Å². The van der Waals surface area contributed by atoms with Gasteiger partial charge in [0.15, 0.2) is 0 Å². The number of aromatic nitrogens is 4. The lowest BCUT2D eigenvalue weighted by Crippen LogP contribution is -2.12. The number of thioether (sulfide) groups is 1. The normalized spacial score (nSPS) is 10.5. The third-order valence-electron chi connectivity index (χ3n) is 3.24. The zero-order valence-electron chi connectivity index (χ0n) is 12.5. The van der Waals surface area contributed by atoms with Gasteiger partial charge in [-0.05, 0) is 52.6 Å². The fourth-order valence-corrected chi connectivity index (χ4v) is 2.65. The van der Waals surface area contributed by atoms with Crippen molar-refractivity contribution in [2.45, 2.75) is 5.75 Å². The largest absolute Gasteiger partial charge is 0.322 e. The molecular formula is C16H15N5OS. The van der Waals surface area contributed by atoms with Crippen molar-refractivity contribution >= 4 is 23.4 Å². The number of tetrazole rings is 1. The van der Waals surface area contributed by atoms with Gasteiger partial charge in [0.1, 0.15) is 6.33 Å². The Hall–Kier alpha value is -2.67. The lowest BCUT2D eigenvalue weighted by atomic mass is 10.1. The molecule has 0 fully saturated rings. The number of nitrogens with zero attached hydrogens (tertiary/aromatic N) is 4. The molecule has 1 amide bonds. The van der Waals surface area contributed by atoms with E-state index >= 15 is 0 Å². The zero-order chi connectivity index (χ0) is 16.1. The number of rotatable bonds is 5. The summed E-state index contributed by atoms with van der Waals surface area (Å²) in [5, 5.41) is 13.9. The molecule has 0 atom stereocenters. The van der Waals surface area contributed by atoms with Crippen LogP contribution in [0.1, 0.15) is 15.9 Å². The van der Waals surface area contributed by atoms with Crippen molar-refractivity contribution in [3.63, 3.8) is 0 Å². The topological polar surface area (TPSA) is 72.7 Å². The van der Waals surface area contributed by atoms with E-state index in [-0.39, 0.29) is 5.91 Å². The van der Waals surface area contributed by atoms with E-state index in [4.69, 9.17) is 0 Å². The Morgan fingerprint density at radius 2 is 2.04 bits per heavy atom. The van der Waals surface area contributed by atoms with Crippen molar-refractivity contribution in [3.05, 3.63) is 66.0 Å². The Labute approximate surface area is 137 Å². The molecule has 0 aliphatic carbocycles. The standard InChI is InChI=1S/C16H15N5OS/c1-23-10-12-5-7-13(8-6-12)16(22)18-14-3-2-4-15(9-14)21-11-17-19-20-21/h2-9,11H,10H2,1H3,(H,18,22). The fraction of sp³-hybridized carbons (Fsp3) is 0.125. The molecule has 3 aromatic rings. The van der Waals surface area contributed by atoms with E-state index in [2.05, 4.69) is 27.1 Å². The molecule has 0 aliphatic rings. The van der Waals surface area contributed by atoms with E-state index in [1.54, 1.807) is 11.8 Å². The highest BCUT2D eigenvalue weighted by Gasteiger charge is 2.07. The summed E-state index contributed by atoms with van der Waals surface area (Å²) in [4.78, 5) is 12.3. The van der Waals surface area contributed by atoms with Gasteiger partial charge in [-0.3, -0.25) is 4.79 Å². The summed E-state index contributed by atoms with van der Waals surface area (Å²) >= 11 is 1.75. The van der Waals surface area contributed by atoms with Gasteiger partial charge in [0, 0.05) is 17.0 Å². The Bertz CT molecular complexity index is 786. The molecule has 0 saturated heterocycles. The van der Waals surface area contributed by atoms with E-state index in [1.807, 2.05) is 48.5 Å². The van der Waals surface area contributed by atoms with Gasteiger partial charge >= 0.3 is 0 Å². The Kier molecular flexibility index (Phi) is 4.68. The first kappa shape index (κ1) is 15.2. The molecule has 0 unspecified atom stereocenters. The molecule has 0 aliphatic heterocycles. The maximum absolute atomic E-state index is 12.3. The summed E-state index contributed by atoms with van der Waals surface area (Å²) in [6.07, 6.45) is 3.56. The lowest BCUT2D eigenvalue weighted by molar-refractivity contribution is 0.102. The maximum Gasteiger partial charge on any atom is 0.255 e. The molecule has 0 bridgehead atoms. The summed E-state index contributed by atoms with van der Waals surface area (Å²) in [5.41, 5.74) is 3.30. The molecule has 0 spiro atoms. The highest BCUT2D eigenvalue weighted by Crippen LogP contribution is 2.16. The Morgan fingerprint density at radius 1 is 1.22 bits per heavy atom. The quantitative estimate of drug-likeness (QED) is 0.781. The number of hydrogen-bond donors (Lipinski definition) is 1. The number of nitrogens with one attached hydrogen (secondary N) is 1. The first-order valence-electron chi connectivity index (χ1n) is 6.99. The zero-order valence-corrected chi connectivity index (χ0v) is 13.3. The van der Waals surface area contributed by atoms with Crippen LogP contribution >= 0.6 is 11.8 Å². The third-order valence-corrected chi connectivity index (χ3v) is 3.87. The smallest absolute Gasteiger partial charge is 0.255 e. The van der Waals surface area contributed by atoms with Crippen LogP contribution in [0.5, 0.6) is 0 Å². The summed E-state index contributed by atoms with van der Waals surface area (Å²) in [6, 6.07) is 15.0. The van der Waals surface area contributed by atoms with E-state index in [9.17, 15) is 4.79 Å². The lowest BCUT2D eigenvalue weighted by Gasteiger charge is -2.07. The monoisotopic (exact) mass is 325 g/mol. The molecule has 23 heavy (non-hydrogen) atoms. The third kappa shape index (κ3) is 3.75. The molecule has 6 nitrogen and oxygen atoms in total. The van der Waals surface area contributed by atoms with Crippen LogP contribution in [-0.2, 0) is 5.75 Å². The van der Waals surface area contributed by atoms with Crippen molar-refractivity contribution in [1.29, 1.82) is 0 Å². The number of anilines is 1. The molecule has 0 saturated carbocycles. The van der Waals surface area contributed by atoms with Crippen LogP contribution in [0.4, 0.5) is 5.69 Å². The predicted octanol–water partition coefficient (Wildman–Crippen LogP) is 2.78. The van der Waals surface area contributed by atoms with Crippen LogP contribution in [0.25, 0.3) is 5.69 Å². The molecule has 1 N–H and O–H groups in total. The second-order valence-electron chi connectivity index (χ2n) is 4.89. The second kappa shape index (κ2) is 7.06. The van der Waals surface area contributed by atoms with E-state index in [0.717, 1.165) is 11.4 Å². The maximum atomic E-state index is 12.3. The average Bonchev–Trinajstić information content (AvgIpc) is 3.11. The van der Waals surface area contributed by atoms with Gasteiger partial charge in [-0.2, -0.15) is 11.8 Å². The van der Waals surface area contributed by atoms with Gasteiger partial charge in [0.25, 0.3) is 5.91 Å². The number of benzene rings is 2. The van der Waals surface area contributed by atoms with Crippen molar-refractivity contribution in [2.75, 3.05) is 11.6 Å². The van der Waals surface area contributed by atoms with Crippen LogP contribution in [0.15, 0.2) is 54.9 Å². The molecule has 116 valence electrons. The van der Waals surface area contributed by atoms with Crippen LogP contribution < -0.4 is 5.32 Å². The van der Waals surface area contributed by atoms with Gasteiger partial charge in [0.05, 0.1) is 5.69 Å². The van der Waals surface area contributed by atoms with Crippen LogP contribution in [0.3, 0.4) is 0 Å². The molecule has 0 radical (unpaired) electrons. The van der Waals surface area contributed by atoms with Gasteiger partial charge in [0.2, 0.25) is 0 Å². The molecular weight excluding hydrogens is 310 g/mol. The number of carbonyl (C=O) groups is 1. The number of hydrogen-bond acceptors (Lipinski definition) is 5. The van der Waals surface area contributed by atoms with E-state index in [1.165, 1.54) is 16.6 Å². The summed E-state index contributed by atoms with van der Waals surface area (Å²) in [5.74, 6) is 0.796. The van der Waals surface area contributed by atoms with Gasteiger partial charge in [-0.1, -0.05) is 18.2 Å².